The summed E-state index contributed by atoms with van der Waals surface area (Å²) in [6.45, 7) is 0. The lowest BCUT2D eigenvalue weighted by molar-refractivity contribution is -0.123. The third-order valence-corrected chi connectivity index (χ3v) is 5.36. The largest absolute Gasteiger partial charge is 0.326 e. The zero-order valence-electron chi connectivity index (χ0n) is 15.6. The number of halogens is 3. The van der Waals surface area contributed by atoms with Crippen LogP contribution in [0.25, 0.3) is 0 Å². The van der Waals surface area contributed by atoms with Gasteiger partial charge in [-0.25, -0.2) is 0 Å². The minimum atomic E-state index is -1.05. The molecule has 1 aromatic heterocycles. The van der Waals surface area contributed by atoms with E-state index in [-0.39, 0.29) is 28.8 Å². The van der Waals surface area contributed by atoms with Crippen molar-refractivity contribution in [1.82, 2.24) is 9.97 Å². The smallest absolute Gasteiger partial charge is 0.258 e. The molecule has 0 spiro atoms. The molecule has 4 N–H and O–H groups in total. The lowest BCUT2D eigenvalue weighted by atomic mass is 9.92. The third kappa shape index (κ3) is 4.66. The molecule has 1 atom stereocenters. The number of hydrogen-bond acceptors (Lipinski definition) is 5. The van der Waals surface area contributed by atoms with Gasteiger partial charge in [0.1, 0.15) is 5.82 Å². The molecule has 158 valence electrons. The minimum Gasteiger partial charge on any atom is -0.326 e. The molecular weight excluding hydrogens is 465 g/mol. The fourth-order valence-electron chi connectivity index (χ4n) is 3.14. The zero-order chi connectivity index (χ0) is 22.1. The number of carbonyl (C=O) groups excluding carboxylic acids is 2. The highest BCUT2D eigenvalue weighted by Gasteiger charge is 2.35. The van der Waals surface area contributed by atoms with Crippen LogP contribution >= 0.6 is 34.8 Å². The molecule has 0 saturated carbocycles. The maximum Gasteiger partial charge on any atom is 0.258 e. The summed E-state index contributed by atoms with van der Waals surface area (Å²) in [5.41, 5.74) is 0.447. The second-order valence-corrected chi connectivity index (χ2v) is 8.01. The van der Waals surface area contributed by atoms with E-state index in [0.717, 1.165) is 0 Å². The van der Waals surface area contributed by atoms with E-state index in [9.17, 15) is 14.4 Å². The number of rotatable bonds is 4. The standard InChI is InChI=1S/C20H14Cl3N5O3/c21-9-1-4-11(5-2-9)24-20-27-17-16(19(31)28-20)12(8-15(29)26-17)18(30)25-14-6-3-10(22)7-13(14)23/h1-7,12H,8H2,(H,25,30)(H3,24,26,27,28,29,31)/t12-/m0/s1. The van der Waals surface area contributed by atoms with Gasteiger partial charge in [0.05, 0.1) is 22.2 Å². The molecule has 1 aliphatic rings. The van der Waals surface area contributed by atoms with Crippen LogP contribution in [0.3, 0.4) is 0 Å². The van der Waals surface area contributed by atoms with E-state index in [4.69, 9.17) is 34.8 Å². The molecule has 31 heavy (non-hydrogen) atoms. The number of amides is 2. The van der Waals surface area contributed by atoms with Gasteiger partial charge in [-0.2, -0.15) is 4.98 Å². The van der Waals surface area contributed by atoms with Crippen LogP contribution in [0.5, 0.6) is 0 Å². The molecule has 2 heterocycles. The Labute approximate surface area is 190 Å². The number of hydrogen-bond donors (Lipinski definition) is 4. The van der Waals surface area contributed by atoms with Crippen molar-refractivity contribution in [3.63, 3.8) is 0 Å². The molecule has 3 aromatic rings. The highest BCUT2D eigenvalue weighted by Crippen LogP contribution is 2.32. The summed E-state index contributed by atoms with van der Waals surface area (Å²) in [5.74, 6) is -1.93. The lowest BCUT2D eigenvalue weighted by Crippen LogP contribution is -2.36. The number of H-pyrrole nitrogens is 1. The fraction of sp³-hybridized carbons (Fsp3) is 0.100. The van der Waals surface area contributed by atoms with E-state index in [1.54, 1.807) is 30.3 Å². The first-order chi connectivity index (χ1) is 14.8. The molecule has 0 unspecified atom stereocenters. The number of nitrogens with one attached hydrogen (secondary N) is 4. The number of fused-ring (bicyclic) bond motifs is 1. The fourth-order valence-corrected chi connectivity index (χ4v) is 3.72. The van der Waals surface area contributed by atoms with Crippen LogP contribution in [-0.2, 0) is 9.59 Å². The first-order valence-electron chi connectivity index (χ1n) is 9.03. The van der Waals surface area contributed by atoms with Crippen molar-refractivity contribution < 1.29 is 9.59 Å². The predicted octanol–water partition coefficient (Wildman–Crippen LogP) is 4.54. The van der Waals surface area contributed by atoms with Crippen molar-refractivity contribution in [2.75, 3.05) is 16.0 Å². The number of nitrogens with zero attached hydrogens (tertiary/aromatic N) is 1. The Morgan fingerprint density at radius 2 is 1.74 bits per heavy atom. The van der Waals surface area contributed by atoms with Crippen LogP contribution in [0.4, 0.5) is 23.1 Å². The first kappa shape index (κ1) is 21.2. The first-order valence-corrected chi connectivity index (χ1v) is 10.2. The van der Waals surface area contributed by atoms with Crippen LogP contribution in [0.15, 0.2) is 47.3 Å². The van der Waals surface area contributed by atoms with Gasteiger partial charge in [0.2, 0.25) is 17.8 Å². The molecule has 0 aliphatic carbocycles. The van der Waals surface area contributed by atoms with Crippen molar-refractivity contribution in [2.45, 2.75) is 12.3 Å². The van der Waals surface area contributed by atoms with Gasteiger partial charge in [0.15, 0.2) is 0 Å². The van der Waals surface area contributed by atoms with E-state index in [2.05, 4.69) is 25.9 Å². The molecule has 11 heteroatoms. The Hall–Kier alpha value is -3.07. The molecule has 0 saturated heterocycles. The second-order valence-electron chi connectivity index (χ2n) is 6.73. The Morgan fingerprint density at radius 3 is 2.45 bits per heavy atom. The zero-order valence-corrected chi connectivity index (χ0v) is 17.9. The minimum absolute atomic E-state index is 0.0128. The second kappa shape index (κ2) is 8.58. The van der Waals surface area contributed by atoms with Gasteiger partial charge in [0.25, 0.3) is 5.56 Å². The van der Waals surface area contributed by atoms with Gasteiger partial charge in [-0.3, -0.25) is 19.4 Å². The molecule has 2 amide bonds. The molecule has 0 bridgehead atoms. The van der Waals surface area contributed by atoms with E-state index < -0.39 is 23.3 Å². The summed E-state index contributed by atoms with van der Waals surface area (Å²) < 4.78 is 0. The summed E-state index contributed by atoms with van der Waals surface area (Å²) in [5, 5.41) is 9.31. The molecule has 1 aliphatic heterocycles. The SMILES string of the molecule is O=C1C[C@H](C(=O)Nc2ccc(Cl)cc2Cl)c2c(nc(Nc3ccc(Cl)cc3)[nH]c2=O)N1. The van der Waals surface area contributed by atoms with Gasteiger partial charge in [-0.15, -0.1) is 0 Å². The maximum atomic E-state index is 12.9. The maximum absolute atomic E-state index is 12.9. The van der Waals surface area contributed by atoms with Gasteiger partial charge in [-0.05, 0) is 42.5 Å². The lowest BCUT2D eigenvalue weighted by Gasteiger charge is -2.24. The van der Waals surface area contributed by atoms with Crippen LogP contribution < -0.4 is 21.5 Å². The highest BCUT2D eigenvalue weighted by molar-refractivity contribution is 6.36. The molecule has 0 radical (unpaired) electrons. The van der Waals surface area contributed by atoms with E-state index in [1.165, 1.54) is 12.1 Å². The number of aromatic nitrogens is 2. The quantitative estimate of drug-likeness (QED) is 0.439. The van der Waals surface area contributed by atoms with Gasteiger partial charge in [-0.1, -0.05) is 34.8 Å². The summed E-state index contributed by atoms with van der Waals surface area (Å²) in [4.78, 5) is 44.7. The number of aromatic amines is 1. The van der Waals surface area contributed by atoms with Gasteiger partial charge in [0, 0.05) is 22.2 Å². The van der Waals surface area contributed by atoms with Crippen molar-refractivity contribution >= 4 is 69.8 Å². The highest BCUT2D eigenvalue weighted by atomic mass is 35.5. The summed E-state index contributed by atoms with van der Waals surface area (Å²) >= 11 is 17.8. The molecule has 0 fully saturated rings. The van der Waals surface area contributed by atoms with Gasteiger partial charge < -0.3 is 16.0 Å². The van der Waals surface area contributed by atoms with Crippen LogP contribution in [0.1, 0.15) is 17.9 Å². The van der Waals surface area contributed by atoms with Crippen LogP contribution in [-0.4, -0.2) is 21.8 Å². The Bertz CT molecular complexity index is 1240. The monoisotopic (exact) mass is 477 g/mol. The summed E-state index contributed by atoms with van der Waals surface area (Å²) in [7, 11) is 0. The number of benzene rings is 2. The summed E-state index contributed by atoms with van der Waals surface area (Å²) in [6, 6.07) is 11.3. The molecule has 2 aromatic carbocycles. The van der Waals surface area contributed by atoms with Crippen molar-refractivity contribution in [2.24, 2.45) is 0 Å². The average molecular weight is 479 g/mol. The van der Waals surface area contributed by atoms with E-state index in [1.807, 2.05) is 0 Å². The summed E-state index contributed by atoms with van der Waals surface area (Å²) in [6.07, 6.45) is -0.210. The average Bonchev–Trinajstić information content (AvgIpc) is 2.71. The van der Waals surface area contributed by atoms with Crippen LogP contribution in [0.2, 0.25) is 15.1 Å². The molecule has 4 rings (SSSR count). The Kier molecular flexibility index (Phi) is 5.86. The van der Waals surface area contributed by atoms with Crippen molar-refractivity contribution in [3.8, 4) is 0 Å². The van der Waals surface area contributed by atoms with Gasteiger partial charge >= 0.3 is 0 Å². The Balaban J connectivity index is 1.64. The Morgan fingerprint density at radius 1 is 1.03 bits per heavy atom. The number of anilines is 4. The van der Waals surface area contributed by atoms with Crippen molar-refractivity contribution in [3.05, 3.63) is 73.4 Å². The molecule has 8 nitrogen and oxygen atoms in total. The van der Waals surface area contributed by atoms with Crippen molar-refractivity contribution in [1.29, 1.82) is 0 Å². The predicted molar refractivity (Wildman–Crippen MR) is 121 cm³/mol. The normalized spacial score (nSPS) is 15.1. The topological polar surface area (TPSA) is 116 Å². The van der Waals surface area contributed by atoms with E-state index in [0.29, 0.717) is 21.4 Å². The van der Waals surface area contributed by atoms with Crippen LogP contribution in [0, 0.1) is 0 Å². The number of carbonyl (C=O) groups is 2. The molecular formula is C20H14Cl3N5O3. The third-order valence-electron chi connectivity index (χ3n) is 4.56. The van der Waals surface area contributed by atoms with E-state index >= 15 is 0 Å².